The maximum atomic E-state index is 13.2. The van der Waals surface area contributed by atoms with Gasteiger partial charge in [-0.25, -0.2) is 9.18 Å². The van der Waals surface area contributed by atoms with E-state index in [4.69, 9.17) is 11.5 Å². The Balaban J connectivity index is 2.93. The number of hydrogen-bond acceptors (Lipinski definition) is 3. The summed E-state index contributed by atoms with van der Waals surface area (Å²) in [5.74, 6) is 0.187. The van der Waals surface area contributed by atoms with Gasteiger partial charge < -0.3 is 5.11 Å². The second kappa shape index (κ2) is 4.98. The zero-order chi connectivity index (χ0) is 11.3. The molecule has 0 aliphatic carbocycles. The third kappa shape index (κ3) is 2.69. The highest BCUT2D eigenvalue weighted by atomic mass is 19.1. The third-order valence-corrected chi connectivity index (χ3v) is 1.57. The summed E-state index contributed by atoms with van der Waals surface area (Å²) < 4.78 is 13.2. The molecule has 0 aliphatic heterocycles. The van der Waals surface area contributed by atoms with Gasteiger partial charge in [0.15, 0.2) is 0 Å². The molecule has 0 atom stereocenters. The topological polar surface area (TPSA) is 58.6 Å². The molecule has 0 heterocycles. The van der Waals surface area contributed by atoms with Gasteiger partial charge in [-0.2, -0.15) is 0 Å². The van der Waals surface area contributed by atoms with E-state index in [0.29, 0.717) is 0 Å². The zero-order valence-corrected chi connectivity index (χ0v) is 7.66. The molecule has 15 heavy (non-hydrogen) atoms. The van der Waals surface area contributed by atoms with Crippen molar-refractivity contribution in [1.82, 2.24) is 0 Å². The van der Waals surface area contributed by atoms with Crippen molar-refractivity contribution in [3.8, 4) is 12.3 Å². The smallest absolute Gasteiger partial charge is 0.337 e. The Morgan fingerprint density at radius 3 is 3.00 bits per heavy atom. The summed E-state index contributed by atoms with van der Waals surface area (Å²) in [7, 11) is 0. The SMILES string of the molecule is C#CCONc1c(F)cccc1C(=O)O. The van der Waals surface area contributed by atoms with Crippen LogP contribution in [0.5, 0.6) is 0 Å². The van der Waals surface area contributed by atoms with Crippen molar-refractivity contribution in [2.75, 3.05) is 12.1 Å². The van der Waals surface area contributed by atoms with Crippen LogP contribution in [0.3, 0.4) is 0 Å². The van der Waals surface area contributed by atoms with Gasteiger partial charge in [-0.3, -0.25) is 10.3 Å². The van der Waals surface area contributed by atoms with E-state index >= 15 is 0 Å². The first-order chi connectivity index (χ1) is 7.16. The molecular formula is C10H8FNO3. The highest BCUT2D eigenvalue weighted by molar-refractivity contribution is 5.94. The van der Waals surface area contributed by atoms with Crippen LogP contribution in [-0.4, -0.2) is 17.7 Å². The number of terminal acetylenes is 1. The average Bonchev–Trinajstić information content (AvgIpc) is 2.20. The number of anilines is 1. The Morgan fingerprint density at radius 1 is 1.67 bits per heavy atom. The van der Waals surface area contributed by atoms with Crippen molar-refractivity contribution in [3.63, 3.8) is 0 Å². The first-order valence-corrected chi connectivity index (χ1v) is 4.00. The fourth-order valence-corrected chi connectivity index (χ4v) is 0.956. The monoisotopic (exact) mass is 209 g/mol. The van der Waals surface area contributed by atoms with Crippen LogP contribution in [0.15, 0.2) is 18.2 Å². The molecule has 1 aromatic carbocycles. The second-order valence-corrected chi connectivity index (χ2v) is 2.56. The first-order valence-electron chi connectivity index (χ1n) is 4.00. The van der Waals surface area contributed by atoms with Crippen molar-refractivity contribution in [3.05, 3.63) is 29.6 Å². The van der Waals surface area contributed by atoms with E-state index < -0.39 is 11.8 Å². The Kier molecular flexibility index (Phi) is 3.66. The number of nitrogens with one attached hydrogen (secondary N) is 1. The standard InChI is InChI=1S/C10H8FNO3/c1-2-6-15-12-9-7(10(13)14)4-3-5-8(9)11/h1,3-5,12H,6H2,(H,13,14). The molecule has 0 aliphatic rings. The Labute approximate surface area is 85.6 Å². The molecule has 0 fully saturated rings. The molecule has 0 radical (unpaired) electrons. The Hall–Kier alpha value is -2.06. The molecule has 0 unspecified atom stereocenters. The van der Waals surface area contributed by atoms with Crippen LogP contribution < -0.4 is 5.48 Å². The molecule has 4 nitrogen and oxygen atoms in total. The molecule has 0 amide bonds. The van der Waals surface area contributed by atoms with E-state index in [1.54, 1.807) is 0 Å². The van der Waals surface area contributed by atoms with Crippen molar-refractivity contribution >= 4 is 11.7 Å². The Morgan fingerprint density at radius 2 is 2.40 bits per heavy atom. The fraction of sp³-hybridized carbons (Fsp3) is 0.100. The summed E-state index contributed by atoms with van der Waals surface area (Å²) in [6.45, 7) is -0.0899. The highest BCUT2D eigenvalue weighted by Crippen LogP contribution is 2.19. The number of halogens is 1. The summed E-state index contributed by atoms with van der Waals surface area (Å²) in [4.78, 5) is 15.4. The number of carbonyl (C=O) groups is 1. The van der Waals surface area contributed by atoms with E-state index in [1.165, 1.54) is 12.1 Å². The summed E-state index contributed by atoms with van der Waals surface area (Å²) in [6.07, 6.45) is 4.90. The molecule has 2 N–H and O–H groups in total. The van der Waals surface area contributed by atoms with Crippen LogP contribution in [0.1, 0.15) is 10.4 Å². The maximum absolute atomic E-state index is 13.2. The van der Waals surface area contributed by atoms with Crippen molar-refractivity contribution in [1.29, 1.82) is 0 Å². The van der Waals surface area contributed by atoms with Gasteiger partial charge in [-0.15, -0.1) is 6.42 Å². The van der Waals surface area contributed by atoms with Gasteiger partial charge in [-0.05, 0) is 12.1 Å². The highest BCUT2D eigenvalue weighted by Gasteiger charge is 2.13. The quantitative estimate of drug-likeness (QED) is 0.448. The fourth-order valence-electron chi connectivity index (χ4n) is 0.956. The van der Waals surface area contributed by atoms with E-state index in [9.17, 15) is 9.18 Å². The molecular weight excluding hydrogens is 201 g/mol. The van der Waals surface area contributed by atoms with Gasteiger partial charge >= 0.3 is 5.97 Å². The van der Waals surface area contributed by atoms with Crippen LogP contribution in [0.2, 0.25) is 0 Å². The number of benzene rings is 1. The number of carboxylic acids is 1. The number of aromatic carboxylic acids is 1. The minimum Gasteiger partial charge on any atom is -0.478 e. The number of para-hydroxylation sites is 1. The van der Waals surface area contributed by atoms with Gasteiger partial charge in [0.05, 0.1) is 5.56 Å². The maximum Gasteiger partial charge on any atom is 0.337 e. The third-order valence-electron chi connectivity index (χ3n) is 1.57. The summed E-state index contributed by atoms with van der Waals surface area (Å²) in [5.41, 5.74) is 1.71. The zero-order valence-electron chi connectivity index (χ0n) is 7.66. The minimum absolute atomic E-state index is 0.0899. The molecule has 0 spiro atoms. The molecule has 0 aromatic heterocycles. The second-order valence-electron chi connectivity index (χ2n) is 2.56. The largest absolute Gasteiger partial charge is 0.478 e. The molecule has 78 valence electrons. The molecule has 5 heteroatoms. The first kappa shape index (κ1) is 11.0. The summed E-state index contributed by atoms with van der Waals surface area (Å²) in [6, 6.07) is 3.67. The van der Waals surface area contributed by atoms with Crippen LogP contribution in [0.4, 0.5) is 10.1 Å². The molecule has 0 bridgehead atoms. The van der Waals surface area contributed by atoms with Gasteiger partial charge in [-0.1, -0.05) is 12.0 Å². The van der Waals surface area contributed by atoms with Crippen LogP contribution in [-0.2, 0) is 4.84 Å². The lowest BCUT2D eigenvalue weighted by Crippen LogP contribution is -2.09. The lowest BCUT2D eigenvalue weighted by atomic mass is 10.2. The summed E-state index contributed by atoms with van der Waals surface area (Å²) >= 11 is 0. The van der Waals surface area contributed by atoms with Crippen molar-refractivity contribution in [2.45, 2.75) is 0 Å². The van der Waals surface area contributed by atoms with E-state index in [0.717, 1.165) is 6.07 Å². The summed E-state index contributed by atoms with van der Waals surface area (Å²) in [5, 5.41) is 8.74. The lowest BCUT2D eigenvalue weighted by Gasteiger charge is -2.08. The predicted molar refractivity (Wildman–Crippen MR) is 51.8 cm³/mol. The number of hydrogen-bond donors (Lipinski definition) is 2. The van der Waals surface area contributed by atoms with Crippen LogP contribution in [0.25, 0.3) is 0 Å². The average molecular weight is 209 g/mol. The lowest BCUT2D eigenvalue weighted by molar-refractivity contribution is 0.0696. The van der Waals surface area contributed by atoms with Crippen molar-refractivity contribution < 1.29 is 19.1 Å². The molecule has 0 saturated carbocycles. The van der Waals surface area contributed by atoms with Crippen LogP contribution in [0, 0.1) is 18.2 Å². The molecule has 1 aromatic rings. The predicted octanol–water partition coefficient (Wildman–Crippen LogP) is 1.50. The number of carboxylic acid groups (broad SMARTS) is 1. The van der Waals surface area contributed by atoms with Gasteiger partial charge in [0.25, 0.3) is 0 Å². The van der Waals surface area contributed by atoms with E-state index in [-0.39, 0.29) is 17.9 Å². The van der Waals surface area contributed by atoms with Gasteiger partial charge in [0, 0.05) is 0 Å². The van der Waals surface area contributed by atoms with Crippen molar-refractivity contribution in [2.24, 2.45) is 0 Å². The minimum atomic E-state index is -1.25. The normalized spacial score (nSPS) is 9.33. The van der Waals surface area contributed by atoms with Gasteiger partial charge in [0.1, 0.15) is 18.1 Å². The van der Waals surface area contributed by atoms with Crippen LogP contribution >= 0.6 is 0 Å². The van der Waals surface area contributed by atoms with E-state index in [1.807, 2.05) is 0 Å². The Bertz CT molecular complexity index is 412. The van der Waals surface area contributed by atoms with Gasteiger partial charge in [0.2, 0.25) is 0 Å². The molecule has 1 rings (SSSR count). The number of rotatable bonds is 4. The molecule has 0 saturated heterocycles. The van der Waals surface area contributed by atoms with E-state index in [2.05, 4.69) is 16.2 Å².